The average Bonchev–Trinajstić information content (AvgIpc) is 2.92. The van der Waals surface area contributed by atoms with Crippen LogP contribution < -0.4 is 5.32 Å². The van der Waals surface area contributed by atoms with Gasteiger partial charge >= 0.3 is 5.69 Å². The predicted molar refractivity (Wildman–Crippen MR) is 102 cm³/mol. The van der Waals surface area contributed by atoms with Crippen LogP contribution in [0.1, 0.15) is 5.56 Å². The smallest absolute Gasteiger partial charge is 0.311 e. The number of nitro benzene ring substituents is 1. The highest BCUT2D eigenvalue weighted by atomic mass is 32.2. The number of nitro groups is 1. The Bertz CT molecular complexity index is 1070. The third-order valence-corrected chi connectivity index (χ3v) is 4.76. The largest absolute Gasteiger partial charge is 0.502 e. The van der Waals surface area contributed by atoms with E-state index in [2.05, 4.69) is 5.32 Å². The van der Waals surface area contributed by atoms with Crippen molar-refractivity contribution in [2.75, 3.05) is 11.9 Å². The molecule has 3 rings (SSSR count). The van der Waals surface area contributed by atoms with Crippen molar-refractivity contribution in [3.8, 4) is 5.75 Å². The van der Waals surface area contributed by atoms with Gasteiger partial charge in [0.2, 0.25) is 11.7 Å². The van der Waals surface area contributed by atoms with Gasteiger partial charge in [0.1, 0.15) is 12.4 Å². The first kappa shape index (κ1) is 20.0. The molecule has 1 aliphatic heterocycles. The Morgan fingerprint density at radius 1 is 1.24 bits per heavy atom. The molecule has 29 heavy (non-hydrogen) atoms. The van der Waals surface area contributed by atoms with Crippen LogP contribution in [0.4, 0.5) is 20.6 Å². The fourth-order valence-corrected chi connectivity index (χ4v) is 3.32. The molecule has 0 unspecified atom stereocenters. The highest BCUT2D eigenvalue weighted by Gasteiger charge is 2.36. The normalized spacial score (nSPS) is 15.1. The quantitative estimate of drug-likeness (QED) is 0.434. The number of carbonyl (C=O) groups excluding carboxylic acids is 3. The Kier molecular flexibility index (Phi) is 5.59. The van der Waals surface area contributed by atoms with Gasteiger partial charge in [-0.3, -0.25) is 29.4 Å². The summed E-state index contributed by atoms with van der Waals surface area (Å²) in [5, 5.41) is 22.4. The maximum absolute atomic E-state index is 13.6. The van der Waals surface area contributed by atoms with Crippen LogP contribution in [0.15, 0.2) is 47.4 Å². The van der Waals surface area contributed by atoms with E-state index in [0.717, 1.165) is 18.2 Å². The summed E-state index contributed by atoms with van der Waals surface area (Å²) in [5.74, 6) is -2.91. The molecule has 0 spiro atoms. The van der Waals surface area contributed by atoms with Gasteiger partial charge in [0, 0.05) is 11.6 Å². The zero-order valence-electron chi connectivity index (χ0n) is 14.5. The minimum absolute atomic E-state index is 0.0273. The van der Waals surface area contributed by atoms with Gasteiger partial charge < -0.3 is 10.4 Å². The summed E-state index contributed by atoms with van der Waals surface area (Å²) in [7, 11) is 0. The molecule has 0 aliphatic carbocycles. The summed E-state index contributed by atoms with van der Waals surface area (Å²) in [4.78, 5) is 47.3. The number of thioether (sulfide) groups is 1. The van der Waals surface area contributed by atoms with E-state index in [1.54, 1.807) is 0 Å². The number of anilines is 1. The Morgan fingerprint density at radius 3 is 2.66 bits per heavy atom. The molecule has 0 atom stereocenters. The Balaban J connectivity index is 1.77. The number of aromatic hydroxyl groups is 1. The lowest BCUT2D eigenvalue weighted by molar-refractivity contribution is -0.385. The predicted octanol–water partition coefficient (Wildman–Crippen LogP) is 3.11. The fourth-order valence-electron chi connectivity index (χ4n) is 2.49. The molecule has 2 aromatic rings. The number of nitrogens with one attached hydrogen (secondary N) is 1. The van der Waals surface area contributed by atoms with E-state index in [0.29, 0.717) is 16.7 Å². The van der Waals surface area contributed by atoms with Crippen molar-refractivity contribution in [3.05, 3.63) is 68.9 Å². The van der Waals surface area contributed by atoms with Crippen LogP contribution in [0.5, 0.6) is 5.75 Å². The standard InChI is InChI=1S/C18H12FN3O6S/c19-11-5-1-2-6-12(11)20-15(23)9-21-17(25)14(29-18(21)26)8-10-4-3-7-13(16(10)24)22(27)28/h1-8,24H,9H2,(H,20,23)/b14-8-. The fraction of sp³-hybridized carbons (Fsp3) is 0.0556. The van der Waals surface area contributed by atoms with Crippen molar-refractivity contribution >= 4 is 46.3 Å². The zero-order valence-corrected chi connectivity index (χ0v) is 15.3. The number of amides is 3. The Hall–Kier alpha value is -3.73. The second kappa shape index (κ2) is 8.10. The minimum Gasteiger partial charge on any atom is -0.502 e. The zero-order chi connectivity index (χ0) is 21.1. The first-order chi connectivity index (χ1) is 13.8. The lowest BCUT2D eigenvalue weighted by Crippen LogP contribution is -2.36. The number of benzene rings is 2. The third-order valence-electron chi connectivity index (χ3n) is 3.85. The molecular formula is C18H12FN3O6S. The molecule has 0 radical (unpaired) electrons. The van der Waals surface area contributed by atoms with Crippen molar-refractivity contribution in [1.29, 1.82) is 0 Å². The van der Waals surface area contributed by atoms with Gasteiger partial charge in [0.05, 0.1) is 15.5 Å². The van der Waals surface area contributed by atoms with Crippen LogP contribution in [0, 0.1) is 15.9 Å². The molecule has 2 N–H and O–H groups in total. The van der Waals surface area contributed by atoms with Gasteiger partial charge in [-0.25, -0.2) is 4.39 Å². The number of para-hydroxylation sites is 2. The van der Waals surface area contributed by atoms with Gasteiger partial charge in [-0.05, 0) is 30.0 Å². The molecule has 1 heterocycles. The molecule has 0 saturated carbocycles. The van der Waals surface area contributed by atoms with Gasteiger partial charge in [0.25, 0.3) is 11.1 Å². The lowest BCUT2D eigenvalue weighted by atomic mass is 10.1. The van der Waals surface area contributed by atoms with Gasteiger partial charge in [-0.15, -0.1) is 0 Å². The number of hydrogen-bond donors (Lipinski definition) is 2. The first-order valence-electron chi connectivity index (χ1n) is 8.04. The summed E-state index contributed by atoms with van der Waals surface area (Å²) >= 11 is 0.515. The van der Waals surface area contributed by atoms with Crippen molar-refractivity contribution in [2.45, 2.75) is 0 Å². The number of hydrogen-bond acceptors (Lipinski definition) is 7. The average molecular weight is 417 g/mol. The van der Waals surface area contributed by atoms with Crippen LogP contribution >= 0.6 is 11.8 Å². The summed E-state index contributed by atoms with van der Waals surface area (Å²) in [5.41, 5.74) is -0.677. The number of phenolic OH excluding ortho intramolecular Hbond substituents is 1. The summed E-state index contributed by atoms with van der Waals surface area (Å²) in [6.07, 6.45) is 1.13. The maximum atomic E-state index is 13.6. The molecule has 11 heteroatoms. The number of phenols is 1. The Labute approximate surface area is 167 Å². The second-order valence-corrected chi connectivity index (χ2v) is 6.76. The van der Waals surface area contributed by atoms with E-state index in [9.17, 15) is 34.0 Å². The molecule has 0 aromatic heterocycles. The molecule has 1 saturated heterocycles. The first-order valence-corrected chi connectivity index (χ1v) is 8.85. The molecule has 148 valence electrons. The number of carbonyl (C=O) groups is 3. The van der Waals surface area contributed by atoms with Crippen LogP contribution in [-0.4, -0.2) is 38.5 Å². The monoisotopic (exact) mass is 417 g/mol. The molecule has 1 fully saturated rings. The van der Waals surface area contributed by atoms with Crippen LogP contribution in [0.3, 0.4) is 0 Å². The highest BCUT2D eigenvalue weighted by Crippen LogP contribution is 2.36. The topological polar surface area (TPSA) is 130 Å². The van der Waals surface area contributed by atoms with Crippen molar-refractivity contribution in [3.63, 3.8) is 0 Å². The third kappa shape index (κ3) is 4.24. The van der Waals surface area contributed by atoms with E-state index in [1.165, 1.54) is 30.3 Å². The van der Waals surface area contributed by atoms with Crippen LogP contribution in [0.25, 0.3) is 6.08 Å². The molecule has 2 aromatic carbocycles. The molecular weight excluding hydrogens is 405 g/mol. The molecule has 3 amide bonds. The van der Waals surface area contributed by atoms with Gasteiger partial charge in [-0.1, -0.05) is 24.3 Å². The van der Waals surface area contributed by atoms with E-state index < -0.39 is 45.8 Å². The highest BCUT2D eigenvalue weighted by molar-refractivity contribution is 8.18. The number of nitrogens with zero attached hydrogens (tertiary/aromatic N) is 2. The lowest BCUT2D eigenvalue weighted by Gasteiger charge is -2.12. The number of halogens is 1. The SMILES string of the molecule is O=C(CN1C(=O)S/C(=C\c2cccc([N+](=O)[O-])c2O)C1=O)Nc1ccccc1F. The van der Waals surface area contributed by atoms with E-state index in [4.69, 9.17) is 0 Å². The van der Waals surface area contributed by atoms with Crippen molar-refractivity contribution in [1.82, 2.24) is 4.90 Å². The minimum atomic E-state index is -0.811. The van der Waals surface area contributed by atoms with Crippen molar-refractivity contribution < 1.29 is 28.8 Å². The number of imide groups is 1. The summed E-state index contributed by atoms with van der Waals surface area (Å²) < 4.78 is 13.6. The summed E-state index contributed by atoms with van der Waals surface area (Å²) in [6, 6.07) is 9.15. The summed E-state index contributed by atoms with van der Waals surface area (Å²) in [6.45, 7) is -0.642. The van der Waals surface area contributed by atoms with Gasteiger partial charge in [0.15, 0.2) is 0 Å². The second-order valence-electron chi connectivity index (χ2n) is 5.77. The maximum Gasteiger partial charge on any atom is 0.311 e. The van der Waals surface area contributed by atoms with Gasteiger partial charge in [-0.2, -0.15) is 0 Å². The van der Waals surface area contributed by atoms with Crippen LogP contribution in [-0.2, 0) is 9.59 Å². The van der Waals surface area contributed by atoms with E-state index in [-0.39, 0.29) is 16.2 Å². The molecule has 1 aliphatic rings. The van der Waals surface area contributed by atoms with Crippen molar-refractivity contribution in [2.24, 2.45) is 0 Å². The molecule has 9 nitrogen and oxygen atoms in total. The van der Waals surface area contributed by atoms with E-state index in [1.807, 2.05) is 0 Å². The Morgan fingerprint density at radius 2 is 1.97 bits per heavy atom. The van der Waals surface area contributed by atoms with Crippen LogP contribution in [0.2, 0.25) is 0 Å². The number of rotatable bonds is 5. The molecule has 0 bridgehead atoms. The van der Waals surface area contributed by atoms with E-state index >= 15 is 0 Å².